The molecule has 1 aromatic heterocycles. The molecule has 1 unspecified atom stereocenters. The molecule has 0 spiro atoms. The third-order valence-corrected chi connectivity index (χ3v) is 2.73. The number of hydrogen-bond acceptors (Lipinski definition) is 4. The van der Waals surface area contributed by atoms with Gasteiger partial charge >= 0.3 is 0 Å². The van der Waals surface area contributed by atoms with Crippen LogP contribution in [0.5, 0.6) is 0 Å². The van der Waals surface area contributed by atoms with Gasteiger partial charge in [0.25, 0.3) is 0 Å². The second-order valence-electron chi connectivity index (χ2n) is 4.17. The topological polar surface area (TPSA) is 47.0 Å². The fraction of sp³-hybridized carbons (Fsp3) is 0.667. The highest BCUT2D eigenvalue weighted by molar-refractivity contribution is 5.10. The molecule has 0 saturated carbocycles. The van der Waals surface area contributed by atoms with Gasteiger partial charge in [-0.1, -0.05) is 6.92 Å². The predicted molar refractivity (Wildman–Crippen MR) is 62.5 cm³/mol. The van der Waals surface area contributed by atoms with E-state index in [-0.39, 0.29) is 6.10 Å². The van der Waals surface area contributed by atoms with Crippen molar-refractivity contribution >= 4 is 0 Å². The average Bonchev–Trinajstić information content (AvgIpc) is 2.29. The van der Waals surface area contributed by atoms with E-state index in [9.17, 15) is 0 Å². The highest BCUT2D eigenvalue weighted by atomic mass is 16.5. The maximum atomic E-state index is 5.65. The molecule has 1 saturated heterocycles. The quantitative estimate of drug-likeness (QED) is 0.823. The van der Waals surface area contributed by atoms with Gasteiger partial charge in [-0.3, -0.25) is 0 Å². The number of hydrogen-bond donors (Lipinski definition) is 1. The first-order chi connectivity index (χ1) is 7.78. The lowest BCUT2D eigenvalue weighted by atomic mass is 10.2. The number of aromatic nitrogens is 2. The number of aryl methyl sites for hydroxylation is 2. The maximum Gasteiger partial charge on any atom is 0.131 e. The summed E-state index contributed by atoms with van der Waals surface area (Å²) < 4.78 is 5.65. The standard InChI is InChI=1S/C12H19N3O/c1-3-10-6-9(2)14-12(15-10)7-11-8-13-4-5-16-11/h6,11,13H,3-5,7-8H2,1-2H3. The second-order valence-corrected chi connectivity index (χ2v) is 4.17. The summed E-state index contributed by atoms with van der Waals surface area (Å²) >= 11 is 0. The van der Waals surface area contributed by atoms with Crippen LogP contribution in [-0.2, 0) is 17.6 Å². The summed E-state index contributed by atoms with van der Waals surface area (Å²) in [6.45, 7) is 6.77. The number of nitrogens with one attached hydrogen (secondary N) is 1. The highest BCUT2D eigenvalue weighted by Gasteiger charge is 2.15. The normalized spacial score (nSPS) is 21.0. The van der Waals surface area contributed by atoms with Crippen molar-refractivity contribution < 1.29 is 4.74 Å². The van der Waals surface area contributed by atoms with Gasteiger partial charge in [-0.05, 0) is 19.4 Å². The van der Waals surface area contributed by atoms with E-state index in [1.54, 1.807) is 0 Å². The van der Waals surface area contributed by atoms with Crippen molar-refractivity contribution in [2.45, 2.75) is 32.8 Å². The Balaban J connectivity index is 2.04. The zero-order valence-corrected chi connectivity index (χ0v) is 9.99. The lowest BCUT2D eigenvalue weighted by Gasteiger charge is -2.23. The largest absolute Gasteiger partial charge is 0.375 e. The smallest absolute Gasteiger partial charge is 0.131 e. The molecule has 4 nitrogen and oxygen atoms in total. The van der Waals surface area contributed by atoms with E-state index in [1.165, 1.54) is 0 Å². The van der Waals surface area contributed by atoms with Crippen LogP contribution in [0.25, 0.3) is 0 Å². The first-order valence-electron chi connectivity index (χ1n) is 5.93. The Morgan fingerprint density at radius 2 is 2.38 bits per heavy atom. The van der Waals surface area contributed by atoms with Gasteiger partial charge in [0, 0.05) is 30.9 Å². The van der Waals surface area contributed by atoms with E-state index < -0.39 is 0 Å². The molecule has 0 radical (unpaired) electrons. The molecule has 2 heterocycles. The Kier molecular flexibility index (Phi) is 3.85. The summed E-state index contributed by atoms with van der Waals surface area (Å²) in [5, 5.41) is 3.32. The van der Waals surface area contributed by atoms with Crippen LogP contribution in [0.4, 0.5) is 0 Å². The zero-order chi connectivity index (χ0) is 11.4. The third kappa shape index (κ3) is 3.00. The highest BCUT2D eigenvalue weighted by Crippen LogP contribution is 2.07. The van der Waals surface area contributed by atoms with Crippen molar-refractivity contribution in [2.24, 2.45) is 0 Å². The van der Waals surface area contributed by atoms with Gasteiger partial charge in [0.05, 0.1) is 12.7 Å². The molecule has 4 heteroatoms. The summed E-state index contributed by atoms with van der Waals surface area (Å²) in [5.41, 5.74) is 2.16. The molecule has 2 rings (SSSR count). The van der Waals surface area contributed by atoms with Crippen LogP contribution in [-0.4, -0.2) is 35.8 Å². The van der Waals surface area contributed by atoms with Gasteiger partial charge in [0.1, 0.15) is 5.82 Å². The molecule has 1 aromatic rings. The Bertz CT molecular complexity index is 348. The van der Waals surface area contributed by atoms with Gasteiger partial charge < -0.3 is 10.1 Å². The number of ether oxygens (including phenoxy) is 1. The first kappa shape index (κ1) is 11.5. The summed E-state index contributed by atoms with van der Waals surface area (Å²) in [6.07, 6.45) is 1.99. The molecule has 1 N–H and O–H groups in total. The van der Waals surface area contributed by atoms with Gasteiger partial charge in [-0.25, -0.2) is 9.97 Å². The van der Waals surface area contributed by atoms with E-state index >= 15 is 0 Å². The minimum Gasteiger partial charge on any atom is -0.375 e. The van der Waals surface area contributed by atoms with Crippen molar-refractivity contribution in [1.29, 1.82) is 0 Å². The van der Waals surface area contributed by atoms with Gasteiger partial charge in [0.15, 0.2) is 0 Å². The minimum atomic E-state index is 0.222. The number of morpholine rings is 1. The maximum absolute atomic E-state index is 5.65. The molecule has 16 heavy (non-hydrogen) atoms. The first-order valence-corrected chi connectivity index (χ1v) is 5.93. The van der Waals surface area contributed by atoms with E-state index in [0.717, 1.165) is 49.8 Å². The molecular weight excluding hydrogens is 202 g/mol. The molecule has 0 bridgehead atoms. The van der Waals surface area contributed by atoms with Crippen molar-refractivity contribution in [2.75, 3.05) is 19.7 Å². The summed E-state index contributed by atoms with van der Waals surface area (Å²) in [4.78, 5) is 8.98. The lowest BCUT2D eigenvalue weighted by Crippen LogP contribution is -2.39. The lowest BCUT2D eigenvalue weighted by molar-refractivity contribution is 0.0280. The number of rotatable bonds is 3. The Labute approximate surface area is 96.4 Å². The zero-order valence-electron chi connectivity index (χ0n) is 9.99. The Morgan fingerprint density at radius 1 is 1.50 bits per heavy atom. The Hall–Kier alpha value is -1.00. The van der Waals surface area contributed by atoms with Gasteiger partial charge in [-0.2, -0.15) is 0 Å². The Morgan fingerprint density at radius 3 is 3.06 bits per heavy atom. The van der Waals surface area contributed by atoms with Crippen molar-refractivity contribution in [1.82, 2.24) is 15.3 Å². The molecule has 0 amide bonds. The van der Waals surface area contributed by atoms with Crippen LogP contribution in [0.3, 0.4) is 0 Å². The second kappa shape index (κ2) is 5.37. The fourth-order valence-corrected chi connectivity index (χ4v) is 1.93. The predicted octanol–water partition coefficient (Wildman–Crippen LogP) is 0.878. The van der Waals surface area contributed by atoms with E-state index in [2.05, 4.69) is 22.2 Å². The fourth-order valence-electron chi connectivity index (χ4n) is 1.93. The SMILES string of the molecule is CCc1cc(C)nc(CC2CNCCO2)n1. The minimum absolute atomic E-state index is 0.222. The molecule has 1 aliphatic rings. The summed E-state index contributed by atoms with van der Waals surface area (Å²) in [6, 6.07) is 2.05. The van der Waals surface area contributed by atoms with Crippen molar-refractivity contribution in [3.63, 3.8) is 0 Å². The molecule has 1 aliphatic heterocycles. The molecule has 88 valence electrons. The molecular formula is C12H19N3O. The van der Waals surface area contributed by atoms with Crippen LogP contribution in [0.2, 0.25) is 0 Å². The van der Waals surface area contributed by atoms with Crippen LogP contribution in [0.15, 0.2) is 6.07 Å². The van der Waals surface area contributed by atoms with Crippen LogP contribution in [0.1, 0.15) is 24.1 Å². The van der Waals surface area contributed by atoms with Crippen LogP contribution < -0.4 is 5.32 Å². The van der Waals surface area contributed by atoms with Crippen molar-refractivity contribution in [3.8, 4) is 0 Å². The van der Waals surface area contributed by atoms with Crippen LogP contribution >= 0.6 is 0 Å². The monoisotopic (exact) mass is 221 g/mol. The molecule has 0 aliphatic carbocycles. The molecule has 0 aromatic carbocycles. The van der Waals surface area contributed by atoms with Crippen molar-refractivity contribution in [3.05, 3.63) is 23.3 Å². The summed E-state index contributed by atoms with van der Waals surface area (Å²) in [5.74, 6) is 0.908. The van der Waals surface area contributed by atoms with Gasteiger partial charge in [0.2, 0.25) is 0 Å². The summed E-state index contributed by atoms with van der Waals surface area (Å²) in [7, 11) is 0. The average molecular weight is 221 g/mol. The van der Waals surface area contributed by atoms with Crippen LogP contribution in [0, 0.1) is 6.92 Å². The van der Waals surface area contributed by atoms with E-state index in [4.69, 9.17) is 4.74 Å². The molecule has 1 fully saturated rings. The van der Waals surface area contributed by atoms with E-state index in [0.29, 0.717) is 0 Å². The van der Waals surface area contributed by atoms with Gasteiger partial charge in [-0.15, -0.1) is 0 Å². The third-order valence-electron chi connectivity index (χ3n) is 2.73. The number of nitrogens with zero attached hydrogens (tertiary/aromatic N) is 2. The molecule has 1 atom stereocenters. The van der Waals surface area contributed by atoms with E-state index in [1.807, 2.05) is 13.0 Å².